The number of carbonyl (C=O) groups is 1. The van der Waals surface area contributed by atoms with Crippen molar-refractivity contribution in [1.29, 1.82) is 0 Å². The van der Waals surface area contributed by atoms with Gasteiger partial charge in [-0.15, -0.1) is 0 Å². The minimum absolute atomic E-state index is 0.0704. The molecule has 0 aromatic carbocycles. The Labute approximate surface area is 192 Å². The van der Waals surface area contributed by atoms with E-state index in [0.29, 0.717) is 0 Å². The standard InChI is InChI=1S/C18H32O16/c19-1-5(23)9(25)15(6(24)2-20)33-18-14(30)12(28)16(8(4-22)32-18)34-17-13(29)11(27)10(26)7(3-21)31-17/h1,5-18,20-30H,2-4H2/t5-,6+,7+,8+,9+,10+,11-,12+,13+,14+,15+,16+,17-,18-/m0/s1. The maximum atomic E-state index is 10.8. The molecule has 0 spiro atoms. The number of aliphatic hydroxyl groups excluding tert-OH is 11. The van der Waals surface area contributed by atoms with Crippen molar-refractivity contribution in [2.24, 2.45) is 0 Å². The molecule has 11 N–H and O–H groups in total. The van der Waals surface area contributed by atoms with Gasteiger partial charge >= 0.3 is 0 Å². The normalized spacial score (nSPS) is 42.6. The van der Waals surface area contributed by atoms with Crippen LogP contribution in [0.5, 0.6) is 0 Å². The van der Waals surface area contributed by atoms with E-state index in [1.54, 1.807) is 0 Å². The molecule has 16 nitrogen and oxygen atoms in total. The molecule has 34 heavy (non-hydrogen) atoms. The molecule has 0 amide bonds. The van der Waals surface area contributed by atoms with Gasteiger partial charge in [0.15, 0.2) is 18.9 Å². The molecule has 2 rings (SSSR count). The minimum Gasteiger partial charge on any atom is -0.394 e. The first-order valence-corrected chi connectivity index (χ1v) is 10.4. The van der Waals surface area contributed by atoms with Gasteiger partial charge in [-0.25, -0.2) is 0 Å². The number of rotatable bonds is 11. The fraction of sp³-hybridized carbons (Fsp3) is 0.944. The van der Waals surface area contributed by atoms with Crippen molar-refractivity contribution in [3.05, 3.63) is 0 Å². The van der Waals surface area contributed by atoms with Crippen LogP contribution in [0.2, 0.25) is 0 Å². The predicted molar refractivity (Wildman–Crippen MR) is 102 cm³/mol. The van der Waals surface area contributed by atoms with Gasteiger partial charge in [0.2, 0.25) is 0 Å². The molecule has 2 fully saturated rings. The van der Waals surface area contributed by atoms with Gasteiger partial charge in [-0.05, 0) is 0 Å². The van der Waals surface area contributed by atoms with Gasteiger partial charge in [0, 0.05) is 0 Å². The smallest absolute Gasteiger partial charge is 0.187 e. The third-order valence-corrected chi connectivity index (χ3v) is 5.64. The molecule has 0 aromatic rings. The van der Waals surface area contributed by atoms with Crippen LogP contribution in [0.15, 0.2) is 0 Å². The molecule has 0 saturated carbocycles. The minimum atomic E-state index is -2.08. The number of aldehydes is 1. The van der Waals surface area contributed by atoms with Crippen molar-refractivity contribution in [1.82, 2.24) is 0 Å². The van der Waals surface area contributed by atoms with E-state index in [-0.39, 0.29) is 6.29 Å². The van der Waals surface area contributed by atoms with Crippen LogP contribution in [0.1, 0.15) is 0 Å². The molecule has 2 aliphatic heterocycles. The average Bonchev–Trinajstić information content (AvgIpc) is 2.84. The second kappa shape index (κ2) is 12.9. The summed E-state index contributed by atoms with van der Waals surface area (Å²) < 4.78 is 21.1. The third-order valence-electron chi connectivity index (χ3n) is 5.64. The molecule has 2 saturated heterocycles. The first-order chi connectivity index (χ1) is 16.0. The highest BCUT2D eigenvalue weighted by Crippen LogP contribution is 2.30. The zero-order chi connectivity index (χ0) is 25.7. The fourth-order valence-electron chi connectivity index (χ4n) is 3.60. The van der Waals surface area contributed by atoms with Crippen LogP contribution in [0.25, 0.3) is 0 Å². The number of carbonyl (C=O) groups excluding carboxylic acids is 1. The third kappa shape index (κ3) is 6.25. The van der Waals surface area contributed by atoms with Gasteiger partial charge in [-0.3, -0.25) is 0 Å². The van der Waals surface area contributed by atoms with E-state index in [1.165, 1.54) is 0 Å². The van der Waals surface area contributed by atoms with E-state index in [0.717, 1.165) is 0 Å². The molecule has 0 unspecified atom stereocenters. The first kappa shape index (κ1) is 29.3. The summed E-state index contributed by atoms with van der Waals surface area (Å²) in [6, 6.07) is 0. The van der Waals surface area contributed by atoms with E-state index in [1.807, 2.05) is 0 Å². The Hall–Kier alpha value is -0.930. The second-order valence-electron chi connectivity index (χ2n) is 7.97. The number of aliphatic hydroxyl groups is 11. The van der Waals surface area contributed by atoms with E-state index < -0.39 is 106 Å². The highest BCUT2D eigenvalue weighted by molar-refractivity contribution is 5.56. The Bertz CT molecular complexity index is 621. The van der Waals surface area contributed by atoms with Gasteiger partial charge in [-0.1, -0.05) is 0 Å². The monoisotopic (exact) mass is 504 g/mol. The van der Waals surface area contributed by atoms with Crippen LogP contribution >= 0.6 is 0 Å². The second-order valence-corrected chi connectivity index (χ2v) is 7.97. The Morgan fingerprint density at radius 2 is 1.32 bits per heavy atom. The van der Waals surface area contributed by atoms with Crippen LogP contribution in [0, 0.1) is 0 Å². The SMILES string of the molecule is O=C[C@H](O)[C@@H](O)[C@H](O[C@@H]1O[C@H](CO)[C@@H](O[C@@H]2O[C@H](CO)[C@@H](O)[C@H](O)[C@H]2O)[C@H](O)[C@H]1O)[C@H](O)CO. The summed E-state index contributed by atoms with van der Waals surface area (Å²) in [4.78, 5) is 10.8. The number of hydrogen-bond acceptors (Lipinski definition) is 16. The van der Waals surface area contributed by atoms with Gasteiger partial charge in [0.1, 0.15) is 73.2 Å². The fourth-order valence-corrected chi connectivity index (χ4v) is 3.60. The summed E-state index contributed by atoms with van der Waals surface area (Å²) in [7, 11) is 0. The van der Waals surface area contributed by atoms with Crippen LogP contribution in [-0.2, 0) is 23.7 Å². The van der Waals surface area contributed by atoms with E-state index in [2.05, 4.69) is 0 Å². The lowest BCUT2D eigenvalue weighted by molar-refractivity contribution is -0.367. The van der Waals surface area contributed by atoms with Gasteiger partial charge in [-0.2, -0.15) is 0 Å². The summed E-state index contributed by atoms with van der Waals surface area (Å²) >= 11 is 0. The molecule has 14 atom stereocenters. The van der Waals surface area contributed by atoms with Crippen molar-refractivity contribution < 1.29 is 79.9 Å². The predicted octanol–water partition coefficient (Wildman–Crippen LogP) is -7.73. The average molecular weight is 504 g/mol. The highest BCUT2D eigenvalue weighted by atomic mass is 16.7. The lowest BCUT2D eigenvalue weighted by Gasteiger charge is -2.46. The Kier molecular flexibility index (Phi) is 11.1. The molecule has 200 valence electrons. The zero-order valence-corrected chi connectivity index (χ0v) is 17.7. The van der Waals surface area contributed by atoms with Crippen LogP contribution in [0.3, 0.4) is 0 Å². The highest BCUT2D eigenvalue weighted by Gasteiger charge is 2.51. The van der Waals surface area contributed by atoms with Gasteiger partial charge < -0.3 is 79.9 Å². The maximum absolute atomic E-state index is 10.8. The van der Waals surface area contributed by atoms with Crippen molar-refractivity contribution >= 4 is 6.29 Å². The molecular formula is C18H32O16. The summed E-state index contributed by atoms with van der Waals surface area (Å²) in [5.41, 5.74) is 0. The van der Waals surface area contributed by atoms with E-state index in [4.69, 9.17) is 24.1 Å². The van der Waals surface area contributed by atoms with Crippen LogP contribution < -0.4 is 0 Å². The molecule has 0 aromatic heterocycles. The molecule has 2 aliphatic rings. The summed E-state index contributed by atoms with van der Waals surface area (Å²) in [5, 5.41) is 108. The van der Waals surface area contributed by atoms with Gasteiger partial charge in [0.05, 0.1) is 19.8 Å². The van der Waals surface area contributed by atoms with Crippen LogP contribution in [-0.4, -0.2) is 168 Å². The Morgan fingerprint density at radius 1 is 0.765 bits per heavy atom. The maximum Gasteiger partial charge on any atom is 0.187 e. The molecule has 0 radical (unpaired) electrons. The molecule has 2 heterocycles. The van der Waals surface area contributed by atoms with Crippen molar-refractivity contribution in [2.45, 2.75) is 85.8 Å². The molecule has 0 aliphatic carbocycles. The van der Waals surface area contributed by atoms with E-state index >= 15 is 0 Å². The Morgan fingerprint density at radius 3 is 1.85 bits per heavy atom. The van der Waals surface area contributed by atoms with Crippen molar-refractivity contribution in [3.8, 4) is 0 Å². The number of ether oxygens (including phenoxy) is 4. The van der Waals surface area contributed by atoms with Crippen molar-refractivity contribution in [3.63, 3.8) is 0 Å². The topological polar surface area (TPSA) is 277 Å². The lowest BCUT2D eigenvalue weighted by atomic mass is 9.96. The van der Waals surface area contributed by atoms with Gasteiger partial charge in [0.25, 0.3) is 0 Å². The summed E-state index contributed by atoms with van der Waals surface area (Å²) in [6.45, 7) is -2.64. The first-order valence-electron chi connectivity index (χ1n) is 10.4. The zero-order valence-electron chi connectivity index (χ0n) is 17.7. The molecule has 0 bridgehead atoms. The Balaban J connectivity index is 2.17. The lowest BCUT2D eigenvalue weighted by Crippen LogP contribution is -2.65. The molecule has 16 heteroatoms. The van der Waals surface area contributed by atoms with E-state index in [9.17, 15) is 55.9 Å². The molecular weight excluding hydrogens is 472 g/mol. The summed E-state index contributed by atoms with van der Waals surface area (Å²) in [6.07, 6.45) is -25.4. The van der Waals surface area contributed by atoms with Crippen molar-refractivity contribution in [2.75, 3.05) is 19.8 Å². The number of hydrogen-bond donors (Lipinski definition) is 11. The van der Waals surface area contributed by atoms with Crippen LogP contribution in [0.4, 0.5) is 0 Å². The summed E-state index contributed by atoms with van der Waals surface area (Å²) in [5.74, 6) is 0. The largest absolute Gasteiger partial charge is 0.394 e. The quantitative estimate of drug-likeness (QED) is 0.117.